The molecule has 1 fully saturated rings. The number of piperazine rings is 1. The first-order chi connectivity index (χ1) is 10.0. The van der Waals surface area contributed by atoms with Crippen molar-refractivity contribution in [2.24, 2.45) is 0 Å². The van der Waals surface area contributed by atoms with Crippen molar-refractivity contribution >= 4 is 5.91 Å². The largest absolute Gasteiger partial charge is 0.340 e. The summed E-state index contributed by atoms with van der Waals surface area (Å²) in [6.07, 6.45) is 0.526. The van der Waals surface area contributed by atoms with Gasteiger partial charge in [0.05, 0.1) is 6.42 Å². The molecular weight excluding hydrogens is 262 g/mol. The third-order valence-electron chi connectivity index (χ3n) is 4.06. The van der Waals surface area contributed by atoms with Crippen LogP contribution in [0.2, 0.25) is 0 Å². The minimum atomic E-state index is 0.256. The van der Waals surface area contributed by atoms with Crippen LogP contribution in [0.1, 0.15) is 11.1 Å². The fourth-order valence-electron chi connectivity index (χ4n) is 2.55. The Morgan fingerprint density at radius 1 is 1.10 bits per heavy atom. The molecule has 1 aliphatic heterocycles. The summed E-state index contributed by atoms with van der Waals surface area (Å²) in [5.41, 5.74) is 2.35. The molecule has 1 amide bonds. The smallest absolute Gasteiger partial charge is 0.227 e. The maximum Gasteiger partial charge on any atom is 0.227 e. The van der Waals surface area contributed by atoms with Crippen molar-refractivity contribution in [3.05, 3.63) is 35.4 Å². The summed E-state index contributed by atoms with van der Waals surface area (Å²) in [6, 6.07) is 8.25. The fraction of sp³-hybridized carbons (Fsp3) is 0.588. The van der Waals surface area contributed by atoms with E-state index in [0.29, 0.717) is 6.42 Å². The Balaban J connectivity index is 1.76. The lowest BCUT2D eigenvalue weighted by molar-refractivity contribution is -0.132. The Hall–Kier alpha value is -1.39. The van der Waals surface area contributed by atoms with Gasteiger partial charge in [0.15, 0.2) is 0 Å². The van der Waals surface area contributed by atoms with Gasteiger partial charge in [-0.15, -0.1) is 0 Å². The van der Waals surface area contributed by atoms with E-state index < -0.39 is 0 Å². The fourth-order valence-corrected chi connectivity index (χ4v) is 2.55. The van der Waals surface area contributed by atoms with Crippen molar-refractivity contribution in [2.75, 3.05) is 53.4 Å². The van der Waals surface area contributed by atoms with E-state index in [1.807, 2.05) is 4.90 Å². The molecule has 0 aliphatic carbocycles. The summed E-state index contributed by atoms with van der Waals surface area (Å²) in [5.74, 6) is 0.256. The zero-order valence-electron chi connectivity index (χ0n) is 13.5. The lowest BCUT2D eigenvalue weighted by atomic mass is 10.1. The topological polar surface area (TPSA) is 26.8 Å². The second-order valence-electron chi connectivity index (χ2n) is 6.19. The summed E-state index contributed by atoms with van der Waals surface area (Å²) in [4.78, 5) is 19.0. The van der Waals surface area contributed by atoms with Crippen LogP contribution in [-0.2, 0) is 11.2 Å². The quantitative estimate of drug-likeness (QED) is 0.816. The third-order valence-corrected chi connectivity index (χ3v) is 4.06. The number of hydrogen-bond acceptors (Lipinski definition) is 3. The Kier molecular flexibility index (Phi) is 5.76. The zero-order valence-corrected chi connectivity index (χ0v) is 13.5. The van der Waals surface area contributed by atoms with Gasteiger partial charge < -0.3 is 9.80 Å². The Bertz CT molecular complexity index is 448. The first-order valence-corrected chi connectivity index (χ1v) is 7.75. The lowest BCUT2D eigenvalue weighted by Gasteiger charge is -2.35. The van der Waals surface area contributed by atoms with Crippen molar-refractivity contribution in [3.8, 4) is 0 Å². The van der Waals surface area contributed by atoms with Gasteiger partial charge in [-0.2, -0.15) is 0 Å². The molecule has 1 aromatic rings. The van der Waals surface area contributed by atoms with Crippen LogP contribution in [0.5, 0.6) is 0 Å². The van der Waals surface area contributed by atoms with Crippen LogP contribution in [0.4, 0.5) is 0 Å². The molecule has 4 heteroatoms. The van der Waals surface area contributed by atoms with Crippen LogP contribution in [0.15, 0.2) is 24.3 Å². The predicted octanol–water partition coefficient (Wildman–Crippen LogP) is 1.24. The molecule has 1 aromatic carbocycles. The first-order valence-electron chi connectivity index (χ1n) is 7.75. The molecule has 0 unspecified atom stereocenters. The summed E-state index contributed by atoms with van der Waals surface area (Å²) in [7, 11) is 4.20. The van der Waals surface area contributed by atoms with Crippen LogP contribution in [0.25, 0.3) is 0 Å². The average molecular weight is 289 g/mol. The molecule has 0 bridgehead atoms. The van der Waals surface area contributed by atoms with Gasteiger partial charge in [0.1, 0.15) is 0 Å². The normalized spacial score (nSPS) is 16.5. The van der Waals surface area contributed by atoms with Crippen molar-refractivity contribution in [2.45, 2.75) is 13.3 Å². The standard InChI is InChI=1S/C17H27N3O/c1-15-4-6-16(7-5-15)14-17(21)20-12-10-19(11-13-20)9-8-18(2)3/h4-7H,8-14H2,1-3H3. The highest BCUT2D eigenvalue weighted by atomic mass is 16.2. The van der Waals surface area contributed by atoms with Crippen molar-refractivity contribution < 1.29 is 4.79 Å². The number of carbonyl (C=O) groups excluding carboxylic acids is 1. The molecule has 116 valence electrons. The van der Waals surface area contributed by atoms with E-state index in [1.54, 1.807) is 0 Å². The second-order valence-corrected chi connectivity index (χ2v) is 6.19. The highest BCUT2D eigenvalue weighted by molar-refractivity contribution is 5.78. The summed E-state index contributed by atoms with van der Waals surface area (Å²) < 4.78 is 0. The molecule has 21 heavy (non-hydrogen) atoms. The molecule has 4 nitrogen and oxygen atoms in total. The van der Waals surface area contributed by atoms with E-state index in [4.69, 9.17) is 0 Å². The van der Waals surface area contributed by atoms with Gasteiger partial charge >= 0.3 is 0 Å². The van der Waals surface area contributed by atoms with E-state index in [-0.39, 0.29) is 5.91 Å². The maximum absolute atomic E-state index is 12.3. The van der Waals surface area contributed by atoms with E-state index in [9.17, 15) is 4.79 Å². The number of benzene rings is 1. The van der Waals surface area contributed by atoms with Crippen molar-refractivity contribution in [1.29, 1.82) is 0 Å². The highest BCUT2D eigenvalue weighted by Gasteiger charge is 2.20. The van der Waals surface area contributed by atoms with Gasteiger partial charge in [-0.05, 0) is 26.6 Å². The van der Waals surface area contributed by atoms with Gasteiger partial charge in [-0.3, -0.25) is 9.69 Å². The molecule has 0 spiro atoms. The van der Waals surface area contributed by atoms with Gasteiger partial charge in [-0.25, -0.2) is 0 Å². The van der Waals surface area contributed by atoms with E-state index in [1.165, 1.54) is 5.56 Å². The van der Waals surface area contributed by atoms with Crippen LogP contribution in [0.3, 0.4) is 0 Å². The first kappa shape index (κ1) is 16.0. The molecule has 0 N–H and O–H groups in total. The van der Waals surface area contributed by atoms with Gasteiger partial charge in [0, 0.05) is 39.3 Å². The highest BCUT2D eigenvalue weighted by Crippen LogP contribution is 2.08. The summed E-state index contributed by atoms with van der Waals surface area (Å²) in [6.45, 7) is 7.94. The SMILES string of the molecule is Cc1ccc(CC(=O)N2CCN(CCN(C)C)CC2)cc1. The number of hydrogen-bond donors (Lipinski definition) is 0. The van der Waals surface area contributed by atoms with E-state index in [0.717, 1.165) is 44.8 Å². The molecule has 1 heterocycles. The van der Waals surface area contributed by atoms with Crippen molar-refractivity contribution in [3.63, 3.8) is 0 Å². The Morgan fingerprint density at radius 3 is 2.29 bits per heavy atom. The van der Waals surface area contributed by atoms with Gasteiger partial charge in [-0.1, -0.05) is 29.8 Å². The molecule has 1 saturated heterocycles. The summed E-state index contributed by atoms with van der Waals surface area (Å²) in [5, 5.41) is 0. The van der Waals surface area contributed by atoms with Gasteiger partial charge in [0.25, 0.3) is 0 Å². The molecule has 0 saturated carbocycles. The molecular formula is C17H27N3O. The lowest BCUT2D eigenvalue weighted by Crippen LogP contribution is -2.50. The average Bonchev–Trinajstić information content (AvgIpc) is 2.48. The number of likely N-dealkylation sites (N-methyl/N-ethyl adjacent to an activating group) is 1. The van der Waals surface area contributed by atoms with Gasteiger partial charge in [0.2, 0.25) is 5.91 Å². The minimum absolute atomic E-state index is 0.256. The van der Waals surface area contributed by atoms with E-state index in [2.05, 4.69) is 55.1 Å². The molecule has 2 rings (SSSR count). The minimum Gasteiger partial charge on any atom is -0.340 e. The Morgan fingerprint density at radius 2 is 1.71 bits per heavy atom. The van der Waals surface area contributed by atoms with Crippen molar-refractivity contribution in [1.82, 2.24) is 14.7 Å². The summed E-state index contributed by atoms with van der Waals surface area (Å²) >= 11 is 0. The number of nitrogens with zero attached hydrogens (tertiary/aromatic N) is 3. The maximum atomic E-state index is 12.3. The van der Waals surface area contributed by atoms with Crippen LogP contribution in [0, 0.1) is 6.92 Å². The van der Waals surface area contributed by atoms with Crippen LogP contribution in [-0.4, -0.2) is 74.0 Å². The monoisotopic (exact) mass is 289 g/mol. The molecule has 1 aliphatic rings. The number of rotatable bonds is 5. The number of carbonyl (C=O) groups is 1. The second kappa shape index (κ2) is 7.57. The number of amides is 1. The molecule has 0 aromatic heterocycles. The molecule has 0 radical (unpaired) electrons. The predicted molar refractivity (Wildman–Crippen MR) is 86.5 cm³/mol. The van der Waals surface area contributed by atoms with Crippen LogP contribution >= 0.6 is 0 Å². The third kappa shape index (κ3) is 5.14. The zero-order chi connectivity index (χ0) is 15.2. The molecule has 0 atom stereocenters. The number of aryl methyl sites for hydroxylation is 1. The Labute approximate surface area is 128 Å². The van der Waals surface area contributed by atoms with E-state index >= 15 is 0 Å². The van der Waals surface area contributed by atoms with Crippen LogP contribution < -0.4 is 0 Å².